The van der Waals surface area contributed by atoms with Gasteiger partial charge in [0.25, 0.3) is 0 Å². The number of aliphatic imine (C=N–C) groups is 1. The molecule has 2 rings (SSSR count). The third-order valence-electron chi connectivity index (χ3n) is 3.20. The van der Waals surface area contributed by atoms with Crippen LogP contribution in [0, 0.1) is 0 Å². The van der Waals surface area contributed by atoms with E-state index in [1.54, 1.807) is 12.3 Å². The second-order valence-corrected chi connectivity index (χ2v) is 7.13. The van der Waals surface area contributed by atoms with Gasteiger partial charge in [-0.05, 0) is 46.3 Å². The average Bonchev–Trinajstić information content (AvgIpc) is 2.51. The summed E-state index contributed by atoms with van der Waals surface area (Å²) < 4.78 is 40.8. The molecular weight excluding hydrogens is 345 g/mol. The second kappa shape index (κ2) is 9.02. The predicted molar refractivity (Wildman–Crippen MR) is 97.1 cm³/mol. The van der Waals surface area contributed by atoms with Crippen LogP contribution in [0.15, 0.2) is 35.1 Å². The molecule has 1 aliphatic rings. The first-order valence-electron chi connectivity index (χ1n) is 8.24. The number of aromatic nitrogens is 1. The Labute approximate surface area is 152 Å². The maximum atomic E-state index is 12.1. The van der Waals surface area contributed by atoms with Gasteiger partial charge < -0.3 is 15.4 Å². The van der Waals surface area contributed by atoms with Gasteiger partial charge in [0, 0.05) is 29.7 Å². The van der Waals surface area contributed by atoms with Crippen molar-refractivity contribution in [3.63, 3.8) is 0 Å². The van der Waals surface area contributed by atoms with E-state index in [4.69, 9.17) is 5.73 Å². The molecule has 2 N–H and O–H groups in total. The van der Waals surface area contributed by atoms with Crippen LogP contribution in [0.5, 0.6) is 5.88 Å². The minimum atomic E-state index is -4.36. The number of halogens is 3. The summed E-state index contributed by atoms with van der Waals surface area (Å²) in [6.45, 7) is 9.09. The van der Waals surface area contributed by atoms with Crippen LogP contribution in [0.3, 0.4) is 0 Å². The van der Waals surface area contributed by atoms with Crippen molar-refractivity contribution in [3.05, 3.63) is 35.7 Å². The Bertz CT molecular complexity index is 613. The van der Waals surface area contributed by atoms with Crippen molar-refractivity contribution in [1.29, 1.82) is 0 Å². The molecule has 0 fully saturated rings. The Morgan fingerprint density at radius 3 is 2.35 bits per heavy atom. The van der Waals surface area contributed by atoms with Crippen LogP contribution in [0.2, 0.25) is 0 Å². The zero-order chi connectivity index (χ0) is 20.0. The van der Waals surface area contributed by atoms with E-state index in [2.05, 4.69) is 19.6 Å². The van der Waals surface area contributed by atoms with Crippen molar-refractivity contribution in [2.24, 2.45) is 10.7 Å². The molecule has 8 heteroatoms. The molecule has 1 aliphatic heterocycles. The number of nitrogens with zero attached hydrogens (tertiary/aromatic N) is 3. The fourth-order valence-electron chi connectivity index (χ4n) is 1.99. The molecule has 26 heavy (non-hydrogen) atoms. The average molecular weight is 372 g/mol. The lowest BCUT2D eigenvalue weighted by Gasteiger charge is -2.31. The lowest BCUT2D eigenvalue weighted by atomic mass is 10.1. The normalized spacial score (nSPS) is 15.7. The van der Waals surface area contributed by atoms with Crippen LogP contribution in [-0.2, 0) is 0 Å². The number of nitrogens with two attached hydrogens (primary N) is 1. The minimum absolute atomic E-state index is 0. The topological polar surface area (TPSA) is 63.7 Å². The zero-order valence-electron chi connectivity index (χ0n) is 15.8. The van der Waals surface area contributed by atoms with Gasteiger partial charge in [-0.15, -0.1) is 0 Å². The van der Waals surface area contributed by atoms with E-state index in [0.717, 1.165) is 11.3 Å². The Morgan fingerprint density at radius 1 is 1.27 bits per heavy atom. The summed E-state index contributed by atoms with van der Waals surface area (Å²) >= 11 is 0. The zero-order valence-corrected chi connectivity index (χ0v) is 15.8. The number of pyridine rings is 1. The van der Waals surface area contributed by atoms with Crippen LogP contribution in [0.25, 0.3) is 0 Å². The van der Waals surface area contributed by atoms with E-state index in [9.17, 15) is 13.2 Å². The van der Waals surface area contributed by atoms with Gasteiger partial charge in [-0.3, -0.25) is 4.99 Å². The van der Waals surface area contributed by atoms with E-state index in [1.807, 2.05) is 40.7 Å². The largest absolute Gasteiger partial charge is 0.468 e. The van der Waals surface area contributed by atoms with E-state index in [0.29, 0.717) is 6.67 Å². The molecule has 2 heterocycles. The summed E-state index contributed by atoms with van der Waals surface area (Å²) in [5.41, 5.74) is 7.32. The van der Waals surface area contributed by atoms with Crippen molar-refractivity contribution in [1.82, 2.24) is 9.88 Å². The van der Waals surface area contributed by atoms with Crippen LogP contribution in [0.4, 0.5) is 13.2 Å². The third kappa shape index (κ3) is 8.84. The van der Waals surface area contributed by atoms with Gasteiger partial charge >= 0.3 is 6.18 Å². The van der Waals surface area contributed by atoms with Gasteiger partial charge in [0.15, 0.2) is 6.61 Å². The molecule has 1 aromatic heterocycles. The number of alkyl halides is 3. The van der Waals surface area contributed by atoms with Crippen LogP contribution in [-0.4, -0.2) is 41.1 Å². The molecule has 0 saturated carbocycles. The second-order valence-electron chi connectivity index (χ2n) is 7.13. The van der Waals surface area contributed by atoms with Crippen molar-refractivity contribution in [2.45, 2.75) is 52.4 Å². The molecule has 1 aromatic rings. The summed E-state index contributed by atoms with van der Waals surface area (Å²) in [7, 11) is 0. The van der Waals surface area contributed by atoms with Crippen LogP contribution in [0.1, 0.15) is 46.2 Å². The lowest BCUT2D eigenvalue weighted by Crippen LogP contribution is -2.27. The number of hydrogen-bond acceptors (Lipinski definition) is 5. The van der Waals surface area contributed by atoms with E-state index in [-0.39, 0.29) is 17.5 Å². The summed E-state index contributed by atoms with van der Waals surface area (Å²) in [4.78, 5) is 10.2. The summed E-state index contributed by atoms with van der Waals surface area (Å²) in [5, 5.41) is 0. The van der Waals surface area contributed by atoms with E-state index < -0.39 is 12.8 Å². The lowest BCUT2D eigenvalue weighted by molar-refractivity contribution is -0.154. The molecule has 0 amide bonds. The first-order chi connectivity index (χ1) is 11.9. The fourth-order valence-corrected chi connectivity index (χ4v) is 1.99. The number of allylic oxidation sites excluding steroid dienone is 2. The molecule has 0 aromatic carbocycles. The van der Waals surface area contributed by atoms with Gasteiger partial charge in [0.2, 0.25) is 5.88 Å². The monoisotopic (exact) mass is 372 g/mol. The molecule has 1 atom stereocenters. The molecule has 0 radical (unpaired) electrons. The van der Waals surface area contributed by atoms with Crippen LogP contribution < -0.4 is 10.5 Å². The Hall–Kier alpha value is -2.09. The Morgan fingerprint density at radius 2 is 1.88 bits per heavy atom. The molecule has 0 aliphatic carbocycles. The molecule has 1 unspecified atom stereocenters. The number of hydrogen-bond donors (Lipinski definition) is 1. The highest BCUT2D eigenvalue weighted by Gasteiger charge is 2.28. The SMILES string of the molecule is CC(C)(C)N.CC1=CC=NCN1C(C)c1ccc(OCC(F)(F)F)nc1. The van der Waals surface area contributed by atoms with Crippen molar-refractivity contribution < 1.29 is 17.9 Å². The third-order valence-corrected chi connectivity index (χ3v) is 3.20. The Balaban J connectivity index is 0.000000597. The quantitative estimate of drug-likeness (QED) is 0.865. The summed E-state index contributed by atoms with van der Waals surface area (Å²) in [6, 6.07) is 3.20. The van der Waals surface area contributed by atoms with Crippen molar-refractivity contribution in [3.8, 4) is 5.88 Å². The number of ether oxygens (including phenoxy) is 1. The van der Waals surface area contributed by atoms with Gasteiger partial charge in [-0.2, -0.15) is 13.2 Å². The van der Waals surface area contributed by atoms with Gasteiger partial charge in [-0.25, -0.2) is 4.98 Å². The highest BCUT2D eigenvalue weighted by molar-refractivity contribution is 5.72. The molecule has 0 bridgehead atoms. The van der Waals surface area contributed by atoms with Gasteiger partial charge in [0.1, 0.15) is 6.67 Å². The fraction of sp³-hybridized carbons (Fsp3) is 0.556. The van der Waals surface area contributed by atoms with Crippen molar-refractivity contribution >= 4 is 6.21 Å². The van der Waals surface area contributed by atoms with E-state index in [1.165, 1.54) is 12.3 Å². The summed E-state index contributed by atoms with van der Waals surface area (Å²) in [6.07, 6.45) is 0.836. The number of rotatable bonds is 4. The molecule has 5 nitrogen and oxygen atoms in total. The van der Waals surface area contributed by atoms with Crippen LogP contribution >= 0.6 is 0 Å². The minimum Gasteiger partial charge on any atom is -0.468 e. The highest BCUT2D eigenvalue weighted by Crippen LogP contribution is 2.26. The first kappa shape index (κ1) is 22.0. The smallest absolute Gasteiger partial charge is 0.422 e. The molecule has 146 valence electrons. The van der Waals surface area contributed by atoms with Gasteiger partial charge in [-0.1, -0.05) is 6.07 Å². The standard InChI is InChI=1S/C14H16F3N3O.C4H11N/c1-10-5-6-18-9-20(10)11(2)12-3-4-13(19-7-12)21-8-14(15,16)17;1-4(2,3)5/h3-7,11H,8-9H2,1-2H3;5H2,1-3H3. The van der Waals surface area contributed by atoms with E-state index >= 15 is 0 Å². The highest BCUT2D eigenvalue weighted by atomic mass is 19.4. The Kier molecular flexibility index (Phi) is 7.62. The predicted octanol–water partition coefficient (Wildman–Crippen LogP) is 4.08. The molecular formula is C18H27F3N4O. The van der Waals surface area contributed by atoms with Crippen molar-refractivity contribution in [2.75, 3.05) is 13.3 Å². The first-order valence-corrected chi connectivity index (χ1v) is 8.24. The maximum absolute atomic E-state index is 12.1. The molecule has 0 spiro atoms. The summed E-state index contributed by atoms with van der Waals surface area (Å²) in [5.74, 6) is -0.0350. The van der Waals surface area contributed by atoms with Gasteiger partial charge in [0.05, 0.1) is 6.04 Å². The molecule has 0 saturated heterocycles. The maximum Gasteiger partial charge on any atom is 0.422 e.